The summed E-state index contributed by atoms with van der Waals surface area (Å²) in [4.78, 5) is 24.9. The molecule has 0 bridgehead atoms. The van der Waals surface area contributed by atoms with Gasteiger partial charge >= 0.3 is 0 Å². The van der Waals surface area contributed by atoms with E-state index in [9.17, 15) is 9.59 Å². The highest BCUT2D eigenvalue weighted by Crippen LogP contribution is 2.31. The van der Waals surface area contributed by atoms with Crippen molar-refractivity contribution in [3.8, 4) is 0 Å². The molecule has 0 spiro atoms. The number of anilines is 1. The molecule has 96 valence electrons. The van der Waals surface area contributed by atoms with Crippen LogP contribution in [0.25, 0.3) is 0 Å². The first kappa shape index (κ1) is 12.6. The van der Waals surface area contributed by atoms with Crippen LogP contribution in [0.4, 0.5) is 5.69 Å². The molecule has 2 rings (SSSR count). The zero-order valence-corrected chi connectivity index (χ0v) is 10.2. The quantitative estimate of drug-likeness (QED) is 0.737. The van der Waals surface area contributed by atoms with Crippen molar-refractivity contribution in [2.75, 3.05) is 18.1 Å². The van der Waals surface area contributed by atoms with Crippen molar-refractivity contribution in [2.24, 2.45) is 11.7 Å². The second kappa shape index (κ2) is 4.78. The topological polar surface area (TPSA) is 83.6 Å². The van der Waals surface area contributed by atoms with E-state index in [1.165, 1.54) is 4.90 Å². The molecular formula is C13H16N2O3. The van der Waals surface area contributed by atoms with Crippen molar-refractivity contribution >= 4 is 17.5 Å². The van der Waals surface area contributed by atoms with Crippen LogP contribution in [0, 0.1) is 12.8 Å². The van der Waals surface area contributed by atoms with Gasteiger partial charge in [-0.2, -0.15) is 0 Å². The third-order valence-electron chi connectivity index (χ3n) is 3.18. The first-order chi connectivity index (χ1) is 8.54. The van der Waals surface area contributed by atoms with Gasteiger partial charge in [0.05, 0.1) is 6.61 Å². The molecule has 1 unspecified atom stereocenters. The lowest BCUT2D eigenvalue weighted by Crippen LogP contribution is -2.47. The molecule has 1 aromatic rings. The van der Waals surface area contributed by atoms with Crippen LogP contribution in [0.2, 0.25) is 0 Å². The van der Waals surface area contributed by atoms with Gasteiger partial charge < -0.3 is 15.7 Å². The SMILES string of the molecule is Cc1ccc2c(c1)CC(C(N)=O)C(=O)N2CCO. The van der Waals surface area contributed by atoms with Gasteiger partial charge in [0, 0.05) is 12.2 Å². The normalized spacial score (nSPS) is 18.7. The molecule has 1 aromatic carbocycles. The van der Waals surface area contributed by atoms with Crippen molar-refractivity contribution in [1.82, 2.24) is 0 Å². The maximum absolute atomic E-state index is 12.1. The van der Waals surface area contributed by atoms with E-state index in [4.69, 9.17) is 10.8 Å². The fourth-order valence-electron chi connectivity index (χ4n) is 2.31. The average Bonchev–Trinajstić information content (AvgIpc) is 2.32. The number of aryl methyl sites for hydroxylation is 1. The summed E-state index contributed by atoms with van der Waals surface area (Å²) in [5.74, 6) is -1.77. The van der Waals surface area contributed by atoms with Crippen molar-refractivity contribution < 1.29 is 14.7 Å². The van der Waals surface area contributed by atoms with E-state index in [0.29, 0.717) is 6.42 Å². The number of nitrogens with zero attached hydrogens (tertiary/aromatic N) is 1. The van der Waals surface area contributed by atoms with Crippen molar-refractivity contribution in [3.63, 3.8) is 0 Å². The number of hydrogen-bond donors (Lipinski definition) is 2. The lowest BCUT2D eigenvalue weighted by atomic mass is 9.90. The minimum atomic E-state index is -0.828. The number of hydrogen-bond acceptors (Lipinski definition) is 3. The van der Waals surface area contributed by atoms with Gasteiger partial charge in [0.1, 0.15) is 5.92 Å². The predicted octanol–water partition coefficient (Wildman–Crippen LogP) is -0.0221. The summed E-state index contributed by atoms with van der Waals surface area (Å²) < 4.78 is 0. The molecule has 0 aromatic heterocycles. The number of nitrogens with two attached hydrogens (primary N) is 1. The van der Waals surface area contributed by atoms with Crippen molar-refractivity contribution in [3.05, 3.63) is 29.3 Å². The molecule has 2 amide bonds. The number of aliphatic hydroxyl groups is 1. The number of β-amino-alcohol motifs (C(OH)–C–C–N with tert-alkyl or cyclic N) is 1. The van der Waals surface area contributed by atoms with E-state index in [1.54, 1.807) is 0 Å². The minimum absolute atomic E-state index is 0.148. The van der Waals surface area contributed by atoms with E-state index >= 15 is 0 Å². The maximum atomic E-state index is 12.1. The highest BCUT2D eigenvalue weighted by molar-refractivity contribution is 6.09. The molecule has 0 saturated heterocycles. The predicted molar refractivity (Wildman–Crippen MR) is 67.0 cm³/mol. The number of fused-ring (bicyclic) bond motifs is 1. The molecule has 1 heterocycles. The number of carbonyl (C=O) groups excluding carboxylic acids is 2. The second-order valence-electron chi connectivity index (χ2n) is 4.50. The average molecular weight is 248 g/mol. The summed E-state index contributed by atoms with van der Waals surface area (Å²) in [6.07, 6.45) is 0.340. The molecule has 1 atom stereocenters. The van der Waals surface area contributed by atoms with Crippen LogP contribution in [-0.2, 0) is 16.0 Å². The highest BCUT2D eigenvalue weighted by Gasteiger charge is 2.35. The van der Waals surface area contributed by atoms with Crippen LogP contribution in [0.15, 0.2) is 18.2 Å². The largest absolute Gasteiger partial charge is 0.395 e. The lowest BCUT2D eigenvalue weighted by Gasteiger charge is -2.32. The Kier molecular flexibility index (Phi) is 3.34. The molecule has 0 saturated carbocycles. The molecular weight excluding hydrogens is 232 g/mol. The molecule has 1 aliphatic heterocycles. The van der Waals surface area contributed by atoms with Gasteiger partial charge in [0.15, 0.2) is 0 Å². The molecule has 1 aliphatic rings. The number of carbonyl (C=O) groups is 2. The van der Waals surface area contributed by atoms with Crippen LogP contribution < -0.4 is 10.6 Å². The number of primary amides is 1. The van der Waals surface area contributed by atoms with E-state index in [1.807, 2.05) is 25.1 Å². The summed E-state index contributed by atoms with van der Waals surface area (Å²) in [5, 5.41) is 9.03. The summed E-state index contributed by atoms with van der Waals surface area (Å²) in [7, 11) is 0. The zero-order chi connectivity index (χ0) is 13.3. The summed E-state index contributed by atoms with van der Waals surface area (Å²) >= 11 is 0. The van der Waals surface area contributed by atoms with Gasteiger partial charge in [-0.1, -0.05) is 17.7 Å². The number of aliphatic hydroxyl groups excluding tert-OH is 1. The van der Waals surface area contributed by atoms with E-state index in [0.717, 1.165) is 16.8 Å². The smallest absolute Gasteiger partial charge is 0.239 e. The molecule has 0 fully saturated rings. The van der Waals surface area contributed by atoms with Crippen LogP contribution in [0.5, 0.6) is 0 Å². The van der Waals surface area contributed by atoms with Crippen LogP contribution in [-0.4, -0.2) is 30.1 Å². The Labute approximate surface area is 105 Å². The highest BCUT2D eigenvalue weighted by atomic mass is 16.3. The summed E-state index contributed by atoms with van der Waals surface area (Å²) in [5.41, 5.74) is 8.01. The molecule has 0 aliphatic carbocycles. The Morgan fingerprint density at radius 1 is 1.56 bits per heavy atom. The van der Waals surface area contributed by atoms with Gasteiger partial charge in [-0.25, -0.2) is 0 Å². The molecule has 3 N–H and O–H groups in total. The van der Waals surface area contributed by atoms with Gasteiger partial charge in [-0.3, -0.25) is 9.59 Å². The van der Waals surface area contributed by atoms with Gasteiger partial charge in [0.2, 0.25) is 11.8 Å². The molecule has 5 heteroatoms. The minimum Gasteiger partial charge on any atom is -0.395 e. The molecule has 18 heavy (non-hydrogen) atoms. The van der Waals surface area contributed by atoms with Crippen LogP contribution in [0.3, 0.4) is 0 Å². The third kappa shape index (κ3) is 2.09. The standard InChI is InChI=1S/C13H16N2O3/c1-8-2-3-11-9(6-8)7-10(12(14)17)13(18)15(11)4-5-16/h2-3,6,10,16H,4-5,7H2,1H3,(H2,14,17). The molecule has 0 radical (unpaired) electrons. The van der Waals surface area contributed by atoms with Crippen molar-refractivity contribution in [2.45, 2.75) is 13.3 Å². The Bertz CT molecular complexity index is 499. The van der Waals surface area contributed by atoms with E-state index in [2.05, 4.69) is 0 Å². The number of amides is 2. The fraction of sp³-hybridized carbons (Fsp3) is 0.385. The zero-order valence-electron chi connectivity index (χ0n) is 10.2. The van der Waals surface area contributed by atoms with E-state index < -0.39 is 11.8 Å². The van der Waals surface area contributed by atoms with Crippen LogP contribution >= 0.6 is 0 Å². The first-order valence-electron chi connectivity index (χ1n) is 5.85. The van der Waals surface area contributed by atoms with Gasteiger partial charge in [0.25, 0.3) is 0 Å². The molecule has 5 nitrogen and oxygen atoms in total. The number of benzene rings is 1. The second-order valence-corrected chi connectivity index (χ2v) is 4.50. The summed E-state index contributed by atoms with van der Waals surface area (Å²) in [6, 6.07) is 5.69. The monoisotopic (exact) mass is 248 g/mol. The third-order valence-corrected chi connectivity index (χ3v) is 3.18. The summed E-state index contributed by atoms with van der Waals surface area (Å²) in [6.45, 7) is 1.98. The van der Waals surface area contributed by atoms with Gasteiger partial charge in [-0.05, 0) is 25.0 Å². The fourth-order valence-corrected chi connectivity index (χ4v) is 2.31. The van der Waals surface area contributed by atoms with Crippen LogP contribution in [0.1, 0.15) is 11.1 Å². The van der Waals surface area contributed by atoms with Crippen molar-refractivity contribution in [1.29, 1.82) is 0 Å². The first-order valence-corrected chi connectivity index (χ1v) is 5.85. The Hall–Kier alpha value is -1.88. The number of rotatable bonds is 3. The Balaban J connectivity index is 2.46. The Morgan fingerprint density at radius 2 is 2.28 bits per heavy atom. The van der Waals surface area contributed by atoms with E-state index in [-0.39, 0.29) is 19.1 Å². The van der Waals surface area contributed by atoms with Gasteiger partial charge in [-0.15, -0.1) is 0 Å². The lowest BCUT2D eigenvalue weighted by molar-refractivity contribution is -0.132. The Morgan fingerprint density at radius 3 is 2.89 bits per heavy atom. The maximum Gasteiger partial charge on any atom is 0.239 e.